The molecule has 1 heterocycles. The number of ether oxygens (including phenoxy) is 1. The van der Waals surface area contributed by atoms with Gasteiger partial charge in [-0.15, -0.1) is 0 Å². The fraction of sp³-hybridized carbons (Fsp3) is 0.381. The van der Waals surface area contributed by atoms with Gasteiger partial charge >= 0.3 is 0 Å². The van der Waals surface area contributed by atoms with Gasteiger partial charge in [0, 0.05) is 32.7 Å². The Balaban J connectivity index is 1.40. The van der Waals surface area contributed by atoms with Crippen molar-refractivity contribution in [3.05, 3.63) is 60.4 Å². The van der Waals surface area contributed by atoms with Crippen LogP contribution in [0.25, 0.3) is 0 Å². The fourth-order valence-corrected chi connectivity index (χ4v) is 3.15. The molecule has 1 fully saturated rings. The molecule has 0 aromatic heterocycles. The first-order valence-corrected chi connectivity index (χ1v) is 9.33. The average molecular weight is 371 g/mol. The summed E-state index contributed by atoms with van der Waals surface area (Å²) in [6, 6.07) is 15.7. The third-order valence-corrected chi connectivity index (χ3v) is 4.89. The van der Waals surface area contributed by atoms with Crippen molar-refractivity contribution in [3.63, 3.8) is 0 Å². The van der Waals surface area contributed by atoms with Crippen molar-refractivity contribution in [1.29, 1.82) is 0 Å². The van der Waals surface area contributed by atoms with Crippen molar-refractivity contribution in [2.45, 2.75) is 13.0 Å². The molecule has 1 amide bonds. The molecular formula is C21H26FN3O2. The Morgan fingerprint density at radius 2 is 1.74 bits per heavy atom. The predicted molar refractivity (Wildman–Crippen MR) is 104 cm³/mol. The van der Waals surface area contributed by atoms with E-state index in [9.17, 15) is 9.18 Å². The summed E-state index contributed by atoms with van der Waals surface area (Å²) in [5, 5.41) is 2.68. The van der Waals surface area contributed by atoms with Crippen molar-refractivity contribution in [2.24, 2.45) is 0 Å². The Labute approximate surface area is 159 Å². The lowest BCUT2D eigenvalue weighted by Gasteiger charge is -2.37. The highest BCUT2D eigenvalue weighted by molar-refractivity contribution is 5.94. The first kappa shape index (κ1) is 19.3. The first-order chi connectivity index (χ1) is 13.1. The van der Waals surface area contributed by atoms with Crippen molar-refractivity contribution in [1.82, 2.24) is 9.80 Å². The second-order valence-corrected chi connectivity index (χ2v) is 6.68. The molecule has 5 nitrogen and oxygen atoms in total. The van der Waals surface area contributed by atoms with Gasteiger partial charge in [0.15, 0.2) is 0 Å². The minimum absolute atomic E-state index is 0.180. The highest BCUT2D eigenvalue weighted by Gasteiger charge is 2.25. The molecule has 6 heteroatoms. The quantitative estimate of drug-likeness (QED) is 0.813. The molecule has 1 atom stereocenters. The molecule has 0 saturated carbocycles. The molecule has 0 spiro atoms. The SMILES string of the molecule is C[C@H](C(=O)Nc1ccccc1F)N1CCN(CCOc2ccccc2)CC1. The molecule has 144 valence electrons. The second kappa shape index (κ2) is 9.48. The van der Waals surface area contributed by atoms with Gasteiger partial charge in [0.1, 0.15) is 18.2 Å². The highest BCUT2D eigenvalue weighted by Crippen LogP contribution is 2.15. The van der Waals surface area contributed by atoms with Crippen LogP contribution in [0.1, 0.15) is 6.92 Å². The molecule has 1 saturated heterocycles. The van der Waals surface area contributed by atoms with Crippen LogP contribution in [0.2, 0.25) is 0 Å². The van der Waals surface area contributed by atoms with Gasteiger partial charge in [-0.25, -0.2) is 4.39 Å². The van der Waals surface area contributed by atoms with E-state index in [-0.39, 0.29) is 17.6 Å². The highest BCUT2D eigenvalue weighted by atomic mass is 19.1. The summed E-state index contributed by atoms with van der Waals surface area (Å²) in [7, 11) is 0. The van der Waals surface area contributed by atoms with Gasteiger partial charge in [0.05, 0.1) is 11.7 Å². The topological polar surface area (TPSA) is 44.8 Å². The average Bonchev–Trinajstić information content (AvgIpc) is 2.70. The van der Waals surface area contributed by atoms with Crippen LogP contribution < -0.4 is 10.1 Å². The number of nitrogens with zero attached hydrogens (tertiary/aromatic N) is 2. The van der Waals surface area contributed by atoms with Crippen molar-refractivity contribution < 1.29 is 13.9 Å². The molecule has 0 radical (unpaired) electrons. The van der Waals surface area contributed by atoms with Gasteiger partial charge in [-0.3, -0.25) is 14.6 Å². The van der Waals surface area contributed by atoms with E-state index in [0.29, 0.717) is 6.61 Å². The van der Waals surface area contributed by atoms with Crippen molar-refractivity contribution in [3.8, 4) is 5.75 Å². The van der Waals surface area contributed by atoms with Gasteiger partial charge < -0.3 is 10.1 Å². The molecular weight excluding hydrogens is 345 g/mol. The van der Waals surface area contributed by atoms with E-state index in [0.717, 1.165) is 38.5 Å². The summed E-state index contributed by atoms with van der Waals surface area (Å²) in [5.74, 6) is 0.289. The minimum atomic E-state index is -0.415. The molecule has 3 rings (SSSR count). The zero-order valence-electron chi connectivity index (χ0n) is 15.6. The largest absolute Gasteiger partial charge is 0.492 e. The Bertz CT molecular complexity index is 733. The molecule has 0 aliphatic carbocycles. The van der Waals surface area contributed by atoms with Gasteiger partial charge in [-0.2, -0.15) is 0 Å². The fourth-order valence-electron chi connectivity index (χ4n) is 3.15. The van der Waals surface area contributed by atoms with Crippen LogP contribution >= 0.6 is 0 Å². The van der Waals surface area contributed by atoms with Crippen LogP contribution in [0, 0.1) is 5.82 Å². The number of nitrogens with one attached hydrogen (secondary N) is 1. The van der Waals surface area contributed by atoms with Gasteiger partial charge in [0.25, 0.3) is 0 Å². The zero-order chi connectivity index (χ0) is 19.1. The van der Waals surface area contributed by atoms with E-state index in [1.54, 1.807) is 18.2 Å². The lowest BCUT2D eigenvalue weighted by atomic mass is 10.2. The number of hydrogen-bond acceptors (Lipinski definition) is 4. The maximum Gasteiger partial charge on any atom is 0.241 e. The number of rotatable bonds is 7. The van der Waals surface area contributed by atoms with E-state index in [1.165, 1.54) is 6.07 Å². The predicted octanol–water partition coefficient (Wildman–Crippen LogP) is 2.85. The normalized spacial score (nSPS) is 16.7. The molecule has 0 unspecified atom stereocenters. The third-order valence-electron chi connectivity index (χ3n) is 4.89. The van der Waals surface area contributed by atoms with Crippen molar-refractivity contribution >= 4 is 11.6 Å². The summed E-state index contributed by atoms with van der Waals surface area (Å²) in [6.07, 6.45) is 0. The molecule has 1 aliphatic rings. The number of para-hydroxylation sites is 2. The van der Waals surface area contributed by atoms with E-state index in [4.69, 9.17) is 4.74 Å². The van der Waals surface area contributed by atoms with E-state index < -0.39 is 5.82 Å². The van der Waals surface area contributed by atoms with Gasteiger partial charge in [-0.05, 0) is 31.2 Å². The molecule has 0 bridgehead atoms. The minimum Gasteiger partial charge on any atom is -0.492 e. The Hall–Kier alpha value is -2.44. The lowest BCUT2D eigenvalue weighted by molar-refractivity contribution is -0.121. The third kappa shape index (κ3) is 5.52. The zero-order valence-corrected chi connectivity index (χ0v) is 15.6. The number of amides is 1. The molecule has 1 N–H and O–H groups in total. The van der Waals surface area contributed by atoms with Crippen LogP contribution in [0.15, 0.2) is 54.6 Å². The number of piperazine rings is 1. The number of carbonyl (C=O) groups is 1. The number of halogens is 1. The molecule has 2 aromatic rings. The second-order valence-electron chi connectivity index (χ2n) is 6.68. The molecule has 1 aliphatic heterocycles. The van der Waals surface area contributed by atoms with Crippen LogP contribution in [0.3, 0.4) is 0 Å². The molecule has 27 heavy (non-hydrogen) atoms. The maximum absolute atomic E-state index is 13.7. The standard InChI is InChI=1S/C21H26FN3O2/c1-17(21(26)23-20-10-6-5-9-19(20)22)25-13-11-24(12-14-25)15-16-27-18-7-3-2-4-8-18/h2-10,17H,11-16H2,1H3,(H,23,26)/t17-/m1/s1. The first-order valence-electron chi connectivity index (χ1n) is 9.33. The van der Waals surface area contributed by atoms with Crippen LogP contribution in [0.4, 0.5) is 10.1 Å². The van der Waals surface area contributed by atoms with Gasteiger partial charge in [0.2, 0.25) is 5.91 Å². The van der Waals surface area contributed by atoms with Crippen LogP contribution in [-0.4, -0.2) is 61.1 Å². The Morgan fingerprint density at radius 1 is 1.07 bits per heavy atom. The number of carbonyl (C=O) groups excluding carboxylic acids is 1. The summed E-state index contributed by atoms with van der Waals surface area (Å²) < 4.78 is 19.4. The van der Waals surface area contributed by atoms with Gasteiger partial charge in [-0.1, -0.05) is 30.3 Å². The summed E-state index contributed by atoms with van der Waals surface area (Å²) in [4.78, 5) is 16.9. The van der Waals surface area contributed by atoms with Crippen LogP contribution in [-0.2, 0) is 4.79 Å². The number of hydrogen-bond donors (Lipinski definition) is 1. The smallest absolute Gasteiger partial charge is 0.241 e. The Kier molecular flexibility index (Phi) is 6.79. The van der Waals surface area contributed by atoms with E-state index >= 15 is 0 Å². The summed E-state index contributed by atoms with van der Waals surface area (Å²) >= 11 is 0. The lowest BCUT2D eigenvalue weighted by Crippen LogP contribution is -2.53. The maximum atomic E-state index is 13.7. The van der Waals surface area contributed by atoms with E-state index in [1.807, 2.05) is 37.3 Å². The summed E-state index contributed by atoms with van der Waals surface area (Å²) in [6.45, 7) is 6.75. The summed E-state index contributed by atoms with van der Waals surface area (Å²) in [5.41, 5.74) is 0.228. The van der Waals surface area contributed by atoms with E-state index in [2.05, 4.69) is 15.1 Å². The van der Waals surface area contributed by atoms with Crippen LogP contribution in [0.5, 0.6) is 5.75 Å². The Morgan fingerprint density at radius 3 is 2.44 bits per heavy atom. The monoisotopic (exact) mass is 371 g/mol. The number of benzene rings is 2. The number of anilines is 1. The van der Waals surface area contributed by atoms with Crippen molar-refractivity contribution in [2.75, 3.05) is 44.6 Å². The molecule has 2 aromatic carbocycles.